The van der Waals surface area contributed by atoms with Gasteiger partial charge < -0.3 is 10.1 Å². The minimum absolute atomic E-state index is 0.125. The summed E-state index contributed by atoms with van der Waals surface area (Å²) in [5, 5.41) is 5.31. The first-order valence-corrected chi connectivity index (χ1v) is 7.72. The normalized spacial score (nSPS) is 12.2. The molecule has 0 heterocycles. The van der Waals surface area contributed by atoms with E-state index < -0.39 is 0 Å². The molecule has 2 aromatic rings. The predicted molar refractivity (Wildman–Crippen MR) is 90.0 cm³/mol. The Balaban J connectivity index is 2.50. The quantitative estimate of drug-likeness (QED) is 0.789. The maximum atomic E-state index is 6.38. The minimum atomic E-state index is -0.125. The van der Waals surface area contributed by atoms with Gasteiger partial charge >= 0.3 is 0 Å². The molecule has 0 aliphatic carbocycles. The number of hydrogen-bond acceptors (Lipinski definition) is 2. The van der Waals surface area contributed by atoms with Crippen LogP contribution in [0.15, 0.2) is 36.4 Å². The van der Waals surface area contributed by atoms with Crippen LogP contribution in [0.25, 0.3) is 0 Å². The highest BCUT2D eigenvalue weighted by atomic mass is 35.5. The molecule has 2 nitrogen and oxygen atoms in total. The van der Waals surface area contributed by atoms with Gasteiger partial charge in [-0.25, -0.2) is 0 Å². The minimum Gasteiger partial charge on any atom is -0.497 e. The Kier molecular flexibility index (Phi) is 5.77. The fourth-order valence-corrected chi connectivity index (χ4v) is 2.88. The molecule has 5 heteroatoms. The summed E-state index contributed by atoms with van der Waals surface area (Å²) in [5.74, 6) is 0.719. The first-order valence-electron chi connectivity index (χ1n) is 6.58. The van der Waals surface area contributed by atoms with Gasteiger partial charge in [0.05, 0.1) is 13.2 Å². The lowest BCUT2D eigenvalue weighted by Crippen LogP contribution is -2.22. The first-order chi connectivity index (χ1) is 10.1. The maximum Gasteiger partial charge on any atom is 0.120 e. The lowest BCUT2D eigenvalue weighted by Gasteiger charge is -2.22. The van der Waals surface area contributed by atoms with Gasteiger partial charge in [0.25, 0.3) is 0 Å². The van der Waals surface area contributed by atoms with E-state index in [1.165, 1.54) is 0 Å². The van der Waals surface area contributed by atoms with E-state index in [1.807, 2.05) is 25.1 Å². The largest absolute Gasteiger partial charge is 0.497 e. The molecule has 0 amide bonds. The molecular formula is C16H16Cl3NO. The average molecular weight is 345 g/mol. The second-order valence-electron chi connectivity index (χ2n) is 4.54. The molecule has 1 unspecified atom stereocenters. The molecular weight excluding hydrogens is 329 g/mol. The molecule has 2 rings (SSSR count). The molecule has 0 aromatic heterocycles. The average Bonchev–Trinajstić information content (AvgIpc) is 2.48. The number of nitrogens with one attached hydrogen (secondary N) is 1. The molecule has 0 radical (unpaired) electrons. The van der Waals surface area contributed by atoms with Crippen molar-refractivity contribution in [2.45, 2.75) is 13.0 Å². The van der Waals surface area contributed by atoms with Crippen molar-refractivity contribution < 1.29 is 4.74 Å². The number of methoxy groups -OCH3 is 1. The Morgan fingerprint density at radius 1 is 1.00 bits per heavy atom. The van der Waals surface area contributed by atoms with E-state index >= 15 is 0 Å². The number of rotatable bonds is 5. The molecule has 0 aliphatic heterocycles. The second kappa shape index (κ2) is 7.37. The van der Waals surface area contributed by atoms with Gasteiger partial charge in [-0.3, -0.25) is 0 Å². The van der Waals surface area contributed by atoms with E-state index in [-0.39, 0.29) is 6.04 Å². The molecule has 21 heavy (non-hydrogen) atoms. The Bertz CT molecular complexity index is 631. The number of ether oxygens (including phenoxy) is 1. The van der Waals surface area contributed by atoms with Crippen LogP contribution in [-0.2, 0) is 0 Å². The third-order valence-electron chi connectivity index (χ3n) is 3.20. The van der Waals surface area contributed by atoms with Gasteiger partial charge in [0.15, 0.2) is 0 Å². The van der Waals surface area contributed by atoms with Crippen LogP contribution in [0.3, 0.4) is 0 Å². The zero-order valence-corrected chi connectivity index (χ0v) is 14.1. The van der Waals surface area contributed by atoms with Crippen LogP contribution >= 0.6 is 34.8 Å². The number of halogens is 3. The molecule has 0 aliphatic rings. The smallest absolute Gasteiger partial charge is 0.120 e. The molecule has 0 saturated heterocycles. The molecule has 0 fully saturated rings. The summed E-state index contributed by atoms with van der Waals surface area (Å²) in [7, 11) is 1.61. The molecule has 1 atom stereocenters. The molecule has 0 bridgehead atoms. The molecule has 1 N–H and O–H groups in total. The van der Waals surface area contributed by atoms with Crippen LogP contribution in [0.1, 0.15) is 24.1 Å². The van der Waals surface area contributed by atoms with Crippen LogP contribution in [0.5, 0.6) is 5.75 Å². The van der Waals surface area contributed by atoms with Crippen molar-refractivity contribution >= 4 is 34.8 Å². The Morgan fingerprint density at radius 2 is 1.76 bits per heavy atom. The van der Waals surface area contributed by atoms with Gasteiger partial charge in [-0.2, -0.15) is 0 Å². The van der Waals surface area contributed by atoms with Crippen LogP contribution in [0.4, 0.5) is 0 Å². The molecule has 0 spiro atoms. The van der Waals surface area contributed by atoms with Gasteiger partial charge in [0, 0.05) is 15.1 Å². The van der Waals surface area contributed by atoms with Crippen LogP contribution in [0, 0.1) is 0 Å². The standard InChI is InChI=1S/C16H16Cl3NO/c1-3-20-16(13-8-10(17)4-7-14(13)18)12-6-5-11(21-2)9-15(12)19/h4-9,16,20H,3H2,1-2H3. The summed E-state index contributed by atoms with van der Waals surface area (Å²) in [6, 6.07) is 10.9. The zero-order valence-electron chi connectivity index (χ0n) is 11.8. The van der Waals surface area contributed by atoms with Crippen molar-refractivity contribution in [3.05, 3.63) is 62.6 Å². The second-order valence-corrected chi connectivity index (χ2v) is 5.79. The lowest BCUT2D eigenvalue weighted by molar-refractivity contribution is 0.414. The summed E-state index contributed by atoms with van der Waals surface area (Å²) in [6.07, 6.45) is 0. The van der Waals surface area contributed by atoms with Crippen LogP contribution in [-0.4, -0.2) is 13.7 Å². The van der Waals surface area contributed by atoms with Crippen LogP contribution in [0.2, 0.25) is 15.1 Å². The fourth-order valence-electron chi connectivity index (χ4n) is 2.20. The van der Waals surface area contributed by atoms with Crippen molar-refractivity contribution in [1.82, 2.24) is 5.32 Å². The van der Waals surface area contributed by atoms with E-state index in [1.54, 1.807) is 25.3 Å². The van der Waals surface area contributed by atoms with E-state index in [4.69, 9.17) is 39.5 Å². The van der Waals surface area contributed by atoms with Crippen molar-refractivity contribution in [1.29, 1.82) is 0 Å². The summed E-state index contributed by atoms with van der Waals surface area (Å²) in [6.45, 7) is 2.80. The maximum absolute atomic E-state index is 6.38. The summed E-state index contributed by atoms with van der Waals surface area (Å²) in [4.78, 5) is 0. The monoisotopic (exact) mass is 343 g/mol. The lowest BCUT2D eigenvalue weighted by atomic mass is 9.98. The number of benzene rings is 2. The Hall–Kier alpha value is -0.930. The molecule has 2 aromatic carbocycles. The van der Waals surface area contributed by atoms with Gasteiger partial charge in [-0.15, -0.1) is 0 Å². The predicted octanol–water partition coefficient (Wildman–Crippen LogP) is 5.35. The Morgan fingerprint density at radius 3 is 2.38 bits per heavy atom. The van der Waals surface area contributed by atoms with E-state index in [0.717, 1.165) is 23.4 Å². The fraction of sp³-hybridized carbons (Fsp3) is 0.250. The van der Waals surface area contributed by atoms with E-state index in [2.05, 4.69) is 5.32 Å². The summed E-state index contributed by atoms with van der Waals surface area (Å²) in [5.41, 5.74) is 1.83. The van der Waals surface area contributed by atoms with Crippen molar-refractivity contribution in [2.24, 2.45) is 0 Å². The third kappa shape index (κ3) is 3.83. The van der Waals surface area contributed by atoms with Crippen LogP contribution < -0.4 is 10.1 Å². The van der Waals surface area contributed by atoms with Crippen molar-refractivity contribution in [3.8, 4) is 5.75 Å². The zero-order chi connectivity index (χ0) is 15.4. The highest BCUT2D eigenvalue weighted by Gasteiger charge is 2.19. The Labute approximate surface area is 140 Å². The van der Waals surface area contributed by atoms with Crippen molar-refractivity contribution in [3.63, 3.8) is 0 Å². The highest BCUT2D eigenvalue weighted by molar-refractivity contribution is 6.34. The molecule has 0 saturated carbocycles. The van der Waals surface area contributed by atoms with Gasteiger partial charge in [0.1, 0.15) is 5.75 Å². The first kappa shape index (κ1) is 16.4. The van der Waals surface area contributed by atoms with Gasteiger partial charge in [0.2, 0.25) is 0 Å². The summed E-state index contributed by atoms with van der Waals surface area (Å²) >= 11 is 18.8. The van der Waals surface area contributed by atoms with Crippen molar-refractivity contribution in [2.75, 3.05) is 13.7 Å². The van der Waals surface area contributed by atoms with E-state index in [0.29, 0.717) is 15.1 Å². The van der Waals surface area contributed by atoms with E-state index in [9.17, 15) is 0 Å². The SMILES string of the molecule is CCNC(c1ccc(OC)cc1Cl)c1cc(Cl)ccc1Cl. The molecule has 112 valence electrons. The summed E-state index contributed by atoms with van der Waals surface area (Å²) < 4.78 is 5.19. The number of hydrogen-bond donors (Lipinski definition) is 1. The van der Waals surface area contributed by atoms with Gasteiger partial charge in [-0.05, 0) is 48.0 Å². The third-order valence-corrected chi connectivity index (χ3v) is 4.10. The van der Waals surface area contributed by atoms with Gasteiger partial charge in [-0.1, -0.05) is 47.8 Å². The highest BCUT2D eigenvalue weighted by Crippen LogP contribution is 2.35. The topological polar surface area (TPSA) is 21.3 Å².